The molecule has 0 saturated heterocycles. The number of aromatic nitrogens is 4. The Bertz CT molecular complexity index is 1510. The van der Waals surface area contributed by atoms with Gasteiger partial charge in [0.25, 0.3) is 5.91 Å². The van der Waals surface area contributed by atoms with Gasteiger partial charge in [-0.05, 0) is 59.4 Å². The SMILES string of the molecule is CCc1nnc2sc(-c3ccc(NC(=S)NC(=O)c4cccc5c(Br)cccc45)cc3)nn12. The van der Waals surface area contributed by atoms with Crippen molar-refractivity contribution in [2.75, 3.05) is 5.32 Å². The van der Waals surface area contributed by atoms with Crippen molar-refractivity contribution in [1.29, 1.82) is 0 Å². The predicted molar refractivity (Wildman–Crippen MR) is 139 cm³/mol. The summed E-state index contributed by atoms with van der Waals surface area (Å²) in [6.45, 7) is 2.02. The average molecular weight is 537 g/mol. The van der Waals surface area contributed by atoms with Gasteiger partial charge in [-0.15, -0.1) is 10.2 Å². The van der Waals surface area contributed by atoms with E-state index in [1.54, 1.807) is 10.6 Å². The zero-order chi connectivity index (χ0) is 22.9. The van der Waals surface area contributed by atoms with Gasteiger partial charge in [0, 0.05) is 27.7 Å². The molecule has 5 rings (SSSR count). The summed E-state index contributed by atoms with van der Waals surface area (Å²) < 4.78 is 2.72. The number of fused-ring (bicyclic) bond motifs is 2. The minimum Gasteiger partial charge on any atom is -0.332 e. The molecule has 0 aliphatic heterocycles. The van der Waals surface area contributed by atoms with E-state index in [0.717, 1.165) is 48.7 Å². The summed E-state index contributed by atoms with van der Waals surface area (Å²) in [6.07, 6.45) is 0.770. The van der Waals surface area contributed by atoms with Gasteiger partial charge in [-0.1, -0.05) is 58.5 Å². The molecule has 5 aromatic rings. The highest BCUT2D eigenvalue weighted by molar-refractivity contribution is 9.10. The molecule has 164 valence electrons. The summed E-state index contributed by atoms with van der Waals surface area (Å²) >= 11 is 10.4. The van der Waals surface area contributed by atoms with Crippen LogP contribution in [-0.2, 0) is 6.42 Å². The van der Waals surface area contributed by atoms with Crippen molar-refractivity contribution in [1.82, 2.24) is 25.1 Å². The Morgan fingerprint density at radius 3 is 2.61 bits per heavy atom. The summed E-state index contributed by atoms with van der Waals surface area (Å²) in [6, 6.07) is 19.1. The molecule has 0 unspecified atom stereocenters. The van der Waals surface area contributed by atoms with Gasteiger partial charge in [-0.25, -0.2) is 0 Å². The topological polar surface area (TPSA) is 84.2 Å². The summed E-state index contributed by atoms with van der Waals surface area (Å²) in [5.74, 6) is 0.574. The zero-order valence-electron chi connectivity index (χ0n) is 17.4. The maximum Gasteiger partial charge on any atom is 0.258 e. The van der Waals surface area contributed by atoms with E-state index < -0.39 is 0 Å². The van der Waals surface area contributed by atoms with Crippen molar-refractivity contribution in [2.24, 2.45) is 0 Å². The number of carbonyl (C=O) groups is 1. The highest BCUT2D eigenvalue weighted by Crippen LogP contribution is 2.27. The molecule has 7 nitrogen and oxygen atoms in total. The first-order valence-corrected chi connectivity index (χ1v) is 12.2. The van der Waals surface area contributed by atoms with Crippen molar-refractivity contribution in [3.05, 3.63) is 76.5 Å². The Hall–Kier alpha value is -3.21. The molecule has 0 aliphatic rings. The number of hydrogen-bond donors (Lipinski definition) is 2. The van der Waals surface area contributed by atoms with Crippen LogP contribution in [0.4, 0.5) is 5.69 Å². The molecule has 0 aliphatic carbocycles. The lowest BCUT2D eigenvalue weighted by molar-refractivity contribution is 0.0979. The van der Waals surface area contributed by atoms with Crippen molar-refractivity contribution >= 4 is 71.9 Å². The Kier molecular flexibility index (Phi) is 5.88. The van der Waals surface area contributed by atoms with Gasteiger partial charge in [0.05, 0.1) is 0 Å². The van der Waals surface area contributed by atoms with Crippen LogP contribution in [-0.4, -0.2) is 30.8 Å². The van der Waals surface area contributed by atoms with Gasteiger partial charge < -0.3 is 5.32 Å². The first-order chi connectivity index (χ1) is 16.0. The quantitative estimate of drug-likeness (QED) is 0.297. The third-order valence-electron chi connectivity index (χ3n) is 5.10. The second-order valence-corrected chi connectivity index (χ2v) is 9.42. The number of rotatable bonds is 4. The summed E-state index contributed by atoms with van der Waals surface area (Å²) in [7, 11) is 0. The van der Waals surface area contributed by atoms with Crippen LogP contribution >= 0.6 is 39.5 Å². The highest BCUT2D eigenvalue weighted by Gasteiger charge is 2.14. The van der Waals surface area contributed by atoms with Crippen LogP contribution in [0.2, 0.25) is 0 Å². The van der Waals surface area contributed by atoms with E-state index in [1.165, 1.54) is 11.3 Å². The molecule has 2 heterocycles. The van der Waals surface area contributed by atoms with E-state index in [2.05, 4.69) is 41.9 Å². The molecule has 0 bridgehead atoms. The lowest BCUT2D eigenvalue weighted by Crippen LogP contribution is -2.34. The molecule has 0 spiro atoms. The van der Waals surface area contributed by atoms with Crippen LogP contribution in [0.5, 0.6) is 0 Å². The molecule has 2 aromatic heterocycles. The minimum absolute atomic E-state index is 0.228. The van der Waals surface area contributed by atoms with E-state index in [0.29, 0.717) is 5.56 Å². The lowest BCUT2D eigenvalue weighted by atomic mass is 10.0. The fourth-order valence-electron chi connectivity index (χ4n) is 3.49. The fourth-order valence-corrected chi connectivity index (χ4v) is 5.07. The van der Waals surface area contributed by atoms with Crippen LogP contribution in [0.3, 0.4) is 0 Å². The molecule has 0 radical (unpaired) electrons. The predicted octanol–water partition coefficient (Wildman–Crippen LogP) is 5.46. The Morgan fingerprint density at radius 2 is 1.82 bits per heavy atom. The van der Waals surface area contributed by atoms with Crippen LogP contribution in [0, 0.1) is 0 Å². The third-order valence-corrected chi connectivity index (χ3v) is 6.95. The molecule has 0 fully saturated rings. The smallest absolute Gasteiger partial charge is 0.258 e. The Balaban J connectivity index is 1.29. The number of nitrogens with zero attached hydrogens (tertiary/aromatic N) is 4. The van der Waals surface area contributed by atoms with Crippen molar-refractivity contribution in [3.63, 3.8) is 0 Å². The molecule has 10 heteroatoms. The fraction of sp³-hybridized carbons (Fsp3) is 0.0870. The second-order valence-electron chi connectivity index (χ2n) is 7.20. The van der Waals surface area contributed by atoms with Crippen LogP contribution < -0.4 is 10.6 Å². The number of aryl methyl sites for hydroxylation is 1. The van der Waals surface area contributed by atoms with E-state index in [4.69, 9.17) is 12.2 Å². The number of thiocarbonyl (C=S) groups is 1. The largest absolute Gasteiger partial charge is 0.332 e. The second kappa shape index (κ2) is 8.97. The number of amides is 1. The molecular weight excluding hydrogens is 520 g/mol. The zero-order valence-corrected chi connectivity index (χ0v) is 20.6. The van der Waals surface area contributed by atoms with Gasteiger partial charge in [0.1, 0.15) is 5.01 Å². The number of benzene rings is 3. The van der Waals surface area contributed by atoms with Crippen LogP contribution in [0.1, 0.15) is 23.1 Å². The molecule has 2 N–H and O–H groups in total. The number of anilines is 1. The lowest BCUT2D eigenvalue weighted by Gasteiger charge is -2.11. The normalized spacial score (nSPS) is 11.1. The third kappa shape index (κ3) is 4.24. The summed E-state index contributed by atoms with van der Waals surface area (Å²) in [5.41, 5.74) is 2.29. The number of carbonyl (C=O) groups excluding carboxylic acids is 1. The molecule has 0 saturated carbocycles. The maximum absolute atomic E-state index is 12.8. The summed E-state index contributed by atoms with van der Waals surface area (Å²) in [5, 5.41) is 21.6. The van der Waals surface area contributed by atoms with Gasteiger partial charge in [-0.2, -0.15) is 9.61 Å². The van der Waals surface area contributed by atoms with E-state index >= 15 is 0 Å². The first-order valence-electron chi connectivity index (χ1n) is 10.1. The highest BCUT2D eigenvalue weighted by atomic mass is 79.9. The molecular formula is C23H17BrN6OS2. The summed E-state index contributed by atoms with van der Waals surface area (Å²) in [4.78, 5) is 13.6. The molecule has 0 atom stereocenters. The molecule has 1 amide bonds. The van der Waals surface area contributed by atoms with Crippen molar-refractivity contribution in [2.45, 2.75) is 13.3 Å². The van der Waals surface area contributed by atoms with Crippen molar-refractivity contribution in [3.8, 4) is 10.6 Å². The standard InChI is InChI=1S/C23H17BrN6OS2/c1-2-19-27-28-23-30(19)29-21(33-23)13-9-11-14(12-10-13)25-22(32)26-20(31)17-7-3-6-16-15(17)5-4-8-18(16)24/h3-12H,2H2,1H3,(H2,25,26,31,32). The Morgan fingerprint density at radius 1 is 1.06 bits per heavy atom. The Labute approximate surface area is 207 Å². The average Bonchev–Trinajstić information content (AvgIpc) is 3.40. The number of nitrogens with one attached hydrogen (secondary N) is 2. The van der Waals surface area contributed by atoms with E-state index in [9.17, 15) is 4.79 Å². The van der Waals surface area contributed by atoms with Gasteiger partial charge in [0.2, 0.25) is 4.96 Å². The first kappa shape index (κ1) is 21.6. The number of halogens is 1. The van der Waals surface area contributed by atoms with E-state index in [1.807, 2.05) is 61.5 Å². The van der Waals surface area contributed by atoms with Gasteiger partial charge >= 0.3 is 0 Å². The van der Waals surface area contributed by atoms with Crippen LogP contribution in [0.15, 0.2) is 65.1 Å². The van der Waals surface area contributed by atoms with Crippen molar-refractivity contribution < 1.29 is 4.79 Å². The molecule has 3 aromatic carbocycles. The van der Waals surface area contributed by atoms with Crippen LogP contribution in [0.25, 0.3) is 26.3 Å². The maximum atomic E-state index is 12.8. The number of hydrogen-bond acceptors (Lipinski definition) is 6. The minimum atomic E-state index is -0.265. The monoisotopic (exact) mass is 536 g/mol. The van der Waals surface area contributed by atoms with Gasteiger partial charge in [-0.3, -0.25) is 10.1 Å². The van der Waals surface area contributed by atoms with Gasteiger partial charge in [0.15, 0.2) is 10.9 Å². The molecule has 33 heavy (non-hydrogen) atoms. The van der Waals surface area contributed by atoms with E-state index in [-0.39, 0.29) is 11.0 Å².